The van der Waals surface area contributed by atoms with E-state index in [1.165, 1.54) is 7.11 Å². The molecule has 0 aromatic heterocycles. The number of ether oxygens (including phenoxy) is 1. The van der Waals surface area contributed by atoms with E-state index in [0.29, 0.717) is 11.4 Å². The molecule has 5 N–H and O–H groups in total. The number of carbonyl (C=O) groups is 1. The number of anilines is 2. The normalized spacial score (nSPS) is 17.6. The second-order valence-corrected chi connectivity index (χ2v) is 7.55. The molecule has 0 saturated heterocycles. The molecule has 2 aromatic rings. The Bertz CT molecular complexity index is 845. The van der Waals surface area contributed by atoms with Crippen LogP contribution in [0.15, 0.2) is 36.4 Å². The highest BCUT2D eigenvalue weighted by molar-refractivity contribution is 5.78. The third kappa shape index (κ3) is 3.03. The van der Waals surface area contributed by atoms with Crippen LogP contribution < -0.4 is 11.5 Å². The van der Waals surface area contributed by atoms with E-state index in [1.54, 1.807) is 6.07 Å². The number of nitrogens with two attached hydrogens (primary N) is 2. The molecule has 0 amide bonds. The fraction of sp³-hybridized carbons (Fsp3) is 0.381. The van der Waals surface area contributed by atoms with Gasteiger partial charge in [-0.1, -0.05) is 24.3 Å². The third-order valence-electron chi connectivity index (χ3n) is 5.43. The van der Waals surface area contributed by atoms with Gasteiger partial charge in [0.1, 0.15) is 0 Å². The molecule has 2 unspecified atom stereocenters. The van der Waals surface area contributed by atoms with Crippen molar-refractivity contribution in [1.82, 2.24) is 0 Å². The lowest BCUT2D eigenvalue weighted by Gasteiger charge is -2.33. The van der Waals surface area contributed by atoms with E-state index >= 15 is 0 Å². The molecule has 0 heterocycles. The number of aliphatic hydroxyl groups is 1. The Morgan fingerprint density at radius 1 is 1.15 bits per heavy atom. The molecule has 0 fully saturated rings. The van der Waals surface area contributed by atoms with Crippen LogP contribution in [0.5, 0.6) is 0 Å². The fourth-order valence-electron chi connectivity index (χ4n) is 3.96. The number of aryl methyl sites for hydroxylation is 1. The number of nitrogen functional groups attached to an aromatic ring is 2. The van der Waals surface area contributed by atoms with E-state index < -0.39 is 11.5 Å². The largest absolute Gasteiger partial charge is 0.469 e. The van der Waals surface area contributed by atoms with Gasteiger partial charge in [0.25, 0.3) is 0 Å². The summed E-state index contributed by atoms with van der Waals surface area (Å²) in [6.45, 7) is 3.72. The van der Waals surface area contributed by atoms with Crippen molar-refractivity contribution in [3.63, 3.8) is 0 Å². The summed E-state index contributed by atoms with van der Waals surface area (Å²) in [7, 11) is 1.39. The molecule has 0 aliphatic heterocycles. The van der Waals surface area contributed by atoms with Gasteiger partial charge in [0.15, 0.2) is 0 Å². The maximum absolute atomic E-state index is 12.5. The lowest BCUT2D eigenvalue weighted by molar-refractivity contribution is -0.151. The molecule has 0 spiro atoms. The van der Waals surface area contributed by atoms with Crippen LogP contribution in [-0.4, -0.2) is 18.2 Å². The van der Waals surface area contributed by atoms with Gasteiger partial charge in [0.2, 0.25) is 0 Å². The molecule has 5 nitrogen and oxygen atoms in total. The summed E-state index contributed by atoms with van der Waals surface area (Å²) in [5.74, 6) is -0.588. The summed E-state index contributed by atoms with van der Waals surface area (Å²) in [6, 6.07) is 11.5. The summed E-state index contributed by atoms with van der Waals surface area (Å²) in [5.41, 5.74) is 16.0. The molecule has 26 heavy (non-hydrogen) atoms. The molecule has 0 bridgehead atoms. The number of carbonyl (C=O) groups excluding carboxylic acids is 1. The SMILES string of the molecule is COC(=O)C(C)(C)C(c1ccc(N)c(N)c1)c1ccc2c(c1)C(O)CC2. The van der Waals surface area contributed by atoms with Crippen molar-refractivity contribution < 1.29 is 14.6 Å². The van der Waals surface area contributed by atoms with Gasteiger partial charge in [-0.2, -0.15) is 0 Å². The average Bonchev–Trinajstić information content (AvgIpc) is 2.98. The summed E-state index contributed by atoms with van der Waals surface area (Å²) in [6.07, 6.45) is 1.15. The highest BCUT2D eigenvalue weighted by Crippen LogP contribution is 2.44. The predicted octanol–water partition coefficient (Wildman–Crippen LogP) is 3.16. The van der Waals surface area contributed by atoms with Crippen molar-refractivity contribution in [3.05, 3.63) is 58.7 Å². The summed E-state index contributed by atoms with van der Waals surface area (Å²) in [4.78, 5) is 12.5. The number of fused-ring (bicyclic) bond motifs is 1. The maximum Gasteiger partial charge on any atom is 0.312 e. The van der Waals surface area contributed by atoms with Crippen molar-refractivity contribution >= 4 is 17.3 Å². The van der Waals surface area contributed by atoms with Gasteiger partial charge in [-0.25, -0.2) is 0 Å². The Balaban J connectivity index is 2.16. The Labute approximate surface area is 154 Å². The Morgan fingerprint density at radius 3 is 2.46 bits per heavy atom. The van der Waals surface area contributed by atoms with Crippen LogP contribution in [0.3, 0.4) is 0 Å². The molecule has 138 valence electrons. The highest BCUT2D eigenvalue weighted by atomic mass is 16.5. The molecule has 5 heteroatoms. The van der Waals surface area contributed by atoms with Crippen molar-refractivity contribution in [2.75, 3.05) is 18.6 Å². The number of aliphatic hydroxyl groups excluding tert-OH is 1. The predicted molar refractivity (Wildman–Crippen MR) is 103 cm³/mol. The van der Waals surface area contributed by atoms with Crippen LogP contribution in [0.4, 0.5) is 11.4 Å². The average molecular weight is 354 g/mol. The van der Waals surface area contributed by atoms with E-state index in [0.717, 1.165) is 35.1 Å². The number of esters is 1. The number of hydrogen-bond donors (Lipinski definition) is 3. The van der Waals surface area contributed by atoms with Crippen LogP contribution in [-0.2, 0) is 16.0 Å². The summed E-state index contributed by atoms with van der Waals surface area (Å²) < 4.78 is 5.06. The van der Waals surface area contributed by atoms with Crippen LogP contribution in [0.1, 0.15) is 54.5 Å². The van der Waals surface area contributed by atoms with Crippen molar-refractivity contribution in [3.8, 4) is 0 Å². The van der Waals surface area contributed by atoms with E-state index in [1.807, 2.05) is 44.2 Å². The molecule has 1 aliphatic carbocycles. The molecular weight excluding hydrogens is 328 g/mol. The molecular formula is C21H26N2O3. The van der Waals surface area contributed by atoms with E-state index in [-0.39, 0.29) is 11.9 Å². The molecule has 1 aliphatic rings. The second-order valence-electron chi connectivity index (χ2n) is 7.55. The van der Waals surface area contributed by atoms with Gasteiger partial charge in [-0.15, -0.1) is 0 Å². The van der Waals surface area contributed by atoms with Gasteiger partial charge >= 0.3 is 5.97 Å². The number of benzene rings is 2. The molecule has 0 radical (unpaired) electrons. The first-order valence-electron chi connectivity index (χ1n) is 8.79. The van der Waals surface area contributed by atoms with E-state index in [9.17, 15) is 9.90 Å². The zero-order valence-corrected chi connectivity index (χ0v) is 15.5. The van der Waals surface area contributed by atoms with Gasteiger partial charge < -0.3 is 21.3 Å². The maximum atomic E-state index is 12.5. The van der Waals surface area contributed by atoms with Gasteiger partial charge in [-0.05, 0) is 61.1 Å². The number of hydrogen-bond acceptors (Lipinski definition) is 5. The third-order valence-corrected chi connectivity index (χ3v) is 5.43. The lowest BCUT2D eigenvalue weighted by atomic mass is 9.70. The highest BCUT2D eigenvalue weighted by Gasteiger charge is 2.40. The van der Waals surface area contributed by atoms with Gasteiger partial charge in [0, 0.05) is 5.92 Å². The Morgan fingerprint density at radius 2 is 1.81 bits per heavy atom. The minimum atomic E-state index is -0.824. The zero-order chi connectivity index (χ0) is 19.1. The van der Waals surface area contributed by atoms with Crippen molar-refractivity contribution in [2.45, 2.75) is 38.7 Å². The fourth-order valence-corrected chi connectivity index (χ4v) is 3.96. The first-order chi connectivity index (χ1) is 12.3. The van der Waals surface area contributed by atoms with Crippen LogP contribution in [0.25, 0.3) is 0 Å². The van der Waals surface area contributed by atoms with Crippen molar-refractivity contribution in [1.29, 1.82) is 0 Å². The zero-order valence-electron chi connectivity index (χ0n) is 15.5. The number of methoxy groups -OCH3 is 1. The molecule has 2 atom stereocenters. The van der Waals surface area contributed by atoms with E-state index in [2.05, 4.69) is 0 Å². The quantitative estimate of drug-likeness (QED) is 0.579. The summed E-state index contributed by atoms with van der Waals surface area (Å²) in [5, 5.41) is 10.3. The monoisotopic (exact) mass is 354 g/mol. The first-order valence-corrected chi connectivity index (χ1v) is 8.79. The minimum absolute atomic E-state index is 0.282. The topological polar surface area (TPSA) is 98.6 Å². The Kier molecular flexibility index (Phi) is 4.67. The lowest BCUT2D eigenvalue weighted by Crippen LogP contribution is -2.33. The molecule has 0 saturated carbocycles. The van der Waals surface area contributed by atoms with Crippen LogP contribution in [0, 0.1) is 5.41 Å². The molecule has 2 aromatic carbocycles. The minimum Gasteiger partial charge on any atom is -0.469 e. The van der Waals surface area contributed by atoms with Crippen LogP contribution >= 0.6 is 0 Å². The smallest absolute Gasteiger partial charge is 0.312 e. The number of rotatable bonds is 4. The van der Waals surface area contributed by atoms with E-state index in [4.69, 9.17) is 16.2 Å². The Hall–Kier alpha value is -2.53. The second kappa shape index (κ2) is 6.65. The van der Waals surface area contributed by atoms with Gasteiger partial charge in [0.05, 0.1) is 30.0 Å². The van der Waals surface area contributed by atoms with Crippen molar-refractivity contribution in [2.24, 2.45) is 5.41 Å². The summed E-state index contributed by atoms with van der Waals surface area (Å²) >= 11 is 0. The van der Waals surface area contributed by atoms with Gasteiger partial charge in [-0.3, -0.25) is 4.79 Å². The first kappa shape index (κ1) is 18.3. The molecule has 3 rings (SSSR count). The van der Waals surface area contributed by atoms with Crippen LogP contribution in [0.2, 0.25) is 0 Å². The standard InChI is InChI=1S/C21H26N2O3/c1-21(2,20(25)26-3)19(14-6-8-16(22)17(23)11-14)13-5-4-12-7-9-18(24)15(12)10-13/h4-6,8,10-11,18-19,24H,7,9,22-23H2,1-3H3.